The maximum Gasteiger partial charge on any atom is 0.125 e. The van der Waals surface area contributed by atoms with Crippen molar-refractivity contribution in [3.05, 3.63) is 28.8 Å². The third-order valence-corrected chi connectivity index (χ3v) is 5.47. The summed E-state index contributed by atoms with van der Waals surface area (Å²) in [6, 6.07) is 5.91. The lowest BCUT2D eigenvalue weighted by molar-refractivity contribution is 0.0203. The van der Waals surface area contributed by atoms with Crippen LogP contribution >= 0.6 is 11.6 Å². The molecule has 1 heterocycles. The van der Waals surface area contributed by atoms with Crippen LogP contribution < -0.4 is 10.5 Å². The summed E-state index contributed by atoms with van der Waals surface area (Å²) in [4.78, 5) is 0. The Morgan fingerprint density at radius 2 is 2.19 bits per heavy atom. The Kier molecular flexibility index (Phi) is 4.46. The Labute approximate surface area is 133 Å². The molecule has 3 rings (SSSR count). The van der Waals surface area contributed by atoms with Gasteiger partial charge in [-0.15, -0.1) is 0 Å². The van der Waals surface area contributed by atoms with E-state index in [2.05, 4.69) is 6.92 Å². The van der Waals surface area contributed by atoms with Crippen molar-refractivity contribution in [1.82, 2.24) is 0 Å². The van der Waals surface area contributed by atoms with Crippen LogP contribution in [0.15, 0.2) is 18.2 Å². The van der Waals surface area contributed by atoms with Crippen LogP contribution in [0.5, 0.6) is 5.75 Å². The molecule has 21 heavy (non-hydrogen) atoms. The number of hydrogen-bond donors (Lipinski definition) is 1. The molecule has 0 bridgehead atoms. The molecule has 1 aliphatic carbocycles. The van der Waals surface area contributed by atoms with Gasteiger partial charge in [0.25, 0.3) is 0 Å². The van der Waals surface area contributed by atoms with Gasteiger partial charge in [-0.2, -0.15) is 0 Å². The van der Waals surface area contributed by atoms with Crippen LogP contribution in [0.25, 0.3) is 0 Å². The van der Waals surface area contributed by atoms with E-state index in [1.807, 2.05) is 18.2 Å². The second-order valence-corrected chi connectivity index (χ2v) is 7.30. The number of ether oxygens (including phenoxy) is 1. The van der Waals surface area contributed by atoms with Crippen LogP contribution in [0.1, 0.15) is 69.9 Å². The first-order chi connectivity index (χ1) is 10.1. The van der Waals surface area contributed by atoms with E-state index >= 15 is 0 Å². The predicted molar refractivity (Wildman–Crippen MR) is 87.8 cm³/mol. The van der Waals surface area contributed by atoms with Crippen molar-refractivity contribution in [3.63, 3.8) is 0 Å². The van der Waals surface area contributed by atoms with E-state index < -0.39 is 0 Å². The zero-order valence-corrected chi connectivity index (χ0v) is 13.7. The summed E-state index contributed by atoms with van der Waals surface area (Å²) in [5, 5.41) is 0.743. The smallest absolute Gasteiger partial charge is 0.125 e. The molecule has 0 amide bonds. The molecule has 116 valence electrons. The third-order valence-electron chi connectivity index (χ3n) is 5.24. The van der Waals surface area contributed by atoms with E-state index in [0.29, 0.717) is 0 Å². The molecule has 1 aromatic rings. The quantitative estimate of drug-likeness (QED) is 0.810. The second kappa shape index (κ2) is 6.18. The van der Waals surface area contributed by atoms with Crippen LogP contribution in [0.3, 0.4) is 0 Å². The number of halogens is 1. The first kappa shape index (κ1) is 15.2. The van der Waals surface area contributed by atoms with Crippen LogP contribution in [-0.4, -0.2) is 5.60 Å². The van der Waals surface area contributed by atoms with E-state index in [9.17, 15) is 0 Å². The maximum atomic E-state index is 6.45. The minimum Gasteiger partial charge on any atom is -0.487 e. The van der Waals surface area contributed by atoms with E-state index in [0.717, 1.165) is 41.5 Å². The summed E-state index contributed by atoms with van der Waals surface area (Å²) in [7, 11) is 0. The largest absolute Gasteiger partial charge is 0.487 e. The lowest BCUT2D eigenvalue weighted by atomic mass is 9.82. The Balaban J connectivity index is 1.79. The van der Waals surface area contributed by atoms with E-state index in [1.165, 1.54) is 32.1 Å². The number of fused-ring (bicyclic) bond motifs is 1. The van der Waals surface area contributed by atoms with Crippen molar-refractivity contribution in [3.8, 4) is 5.75 Å². The molecule has 1 aromatic carbocycles. The molecule has 1 aliphatic heterocycles. The normalized spacial score (nSPS) is 32.3. The lowest BCUT2D eigenvalue weighted by Crippen LogP contribution is -2.42. The summed E-state index contributed by atoms with van der Waals surface area (Å²) in [6.07, 6.45) is 9.76. The monoisotopic (exact) mass is 307 g/mol. The van der Waals surface area contributed by atoms with Crippen molar-refractivity contribution < 1.29 is 4.74 Å². The molecule has 1 fully saturated rings. The highest BCUT2D eigenvalue weighted by Crippen LogP contribution is 2.46. The van der Waals surface area contributed by atoms with E-state index in [4.69, 9.17) is 22.1 Å². The van der Waals surface area contributed by atoms with Gasteiger partial charge in [0.1, 0.15) is 11.4 Å². The molecule has 0 saturated heterocycles. The molecule has 3 atom stereocenters. The Morgan fingerprint density at radius 1 is 1.33 bits per heavy atom. The van der Waals surface area contributed by atoms with Gasteiger partial charge in [0.15, 0.2) is 0 Å². The number of hydrogen-bond acceptors (Lipinski definition) is 2. The fraction of sp³-hybridized carbons (Fsp3) is 0.667. The van der Waals surface area contributed by atoms with Crippen molar-refractivity contribution in [2.45, 2.75) is 69.9 Å². The fourth-order valence-electron chi connectivity index (χ4n) is 4.14. The molecule has 1 spiro atoms. The number of benzene rings is 1. The molecule has 2 aliphatic rings. The summed E-state index contributed by atoms with van der Waals surface area (Å²) in [5.74, 6) is 1.83. The highest BCUT2D eigenvalue weighted by Gasteiger charge is 2.41. The highest BCUT2D eigenvalue weighted by atomic mass is 35.5. The van der Waals surface area contributed by atoms with Crippen molar-refractivity contribution in [2.24, 2.45) is 11.7 Å². The highest BCUT2D eigenvalue weighted by molar-refractivity contribution is 6.30. The van der Waals surface area contributed by atoms with Gasteiger partial charge in [0.05, 0.1) is 0 Å². The summed E-state index contributed by atoms with van der Waals surface area (Å²) in [6.45, 7) is 2.29. The maximum absolute atomic E-state index is 6.45. The van der Waals surface area contributed by atoms with Gasteiger partial charge >= 0.3 is 0 Å². The van der Waals surface area contributed by atoms with Gasteiger partial charge in [-0.1, -0.05) is 37.8 Å². The van der Waals surface area contributed by atoms with Crippen LogP contribution in [0, 0.1) is 5.92 Å². The average molecular weight is 308 g/mol. The summed E-state index contributed by atoms with van der Waals surface area (Å²) in [5.41, 5.74) is 7.46. The SMILES string of the molecule is CCCC1CCCC2(CC1)CC(N)c1cc(Cl)ccc1O2. The molecular formula is C18H26ClNO. The summed E-state index contributed by atoms with van der Waals surface area (Å²) >= 11 is 6.09. The molecular weight excluding hydrogens is 282 g/mol. The Hall–Kier alpha value is -0.730. The standard InChI is InChI=1S/C18H26ClNO/c1-2-4-13-5-3-9-18(10-8-13)12-16(20)15-11-14(19)6-7-17(15)21-18/h6-7,11,13,16H,2-5,8-10,12,20H2,1H3. The average Bonchev–Trinajstić information content (AvgIpc) is 2.64. The molecule has 0 aromatic heterocycles. The van der Waals surface area contributed by atoms with Crippen molar-refractivity contribution in [2.75, 3.05) is 0 Å². The first-order valence-electron chi connectivity index (χ1n) is 8.36. The molecule has 2 N–H and O–H groups in total. The predicted octanol–water partition coefficient (Wildman–Crippen LogP) is 5.24. The second-order valence-electron chi connectivity index (χ2n) is 6.86. The van der Waals surface area contributed by atoms with E-state index in [-0.39, 0.29) is 11.6 Å². The van der Waals surface area contributed by atoms with Crippen molar-refractivity contribution >= 4 is 11.6 Å². The van der Waals surface area contributed by atoms with Crippen LogP contribution in [0.2, 0.25) is 5.02 Å². The van der Waals surface area contributed by atoms with E-state index in [1.54, 1.807) is 0 Å². The Morgan fingerprint density at radius 3 is 3.00 bits per heavy atom. The Bertz CT molecular complexity index is 504. The van der Waals surface area contributed by atoms with Gasteiger partial charge < -0.3 is 10.5 Å². The van der Waals surface area contributed by atoms with Gasteiger partial charge in [0.2, 0.25) is 0 Å². The topological polar surface area (TPSA) is 35.2 Å². The molecule has 2 nitrogen and oxygen atoms in total. The first-order valence-corrected chi connectivity index (χ1v) is 8.74. The molecule has 3 heteroatoms. The lowest BCUT2D eigenvalue weighted by Gasteiger charge is -2.41. The third kappa shape index (κ3) is 3.22. The van der Waals surface area contributed by atoms with Gasteiger partial charge in [-0.25, -0.2) is 0 Å². The van der Waals surface area contributed by atoms with Gasteiger partial charge in [-0.05, 0) is 49.8 Å². The zero-order valence-electron chi connectivity index (χ0n) is 12.9. The molecule has 1 saturated carbocycles. The zero-order chi connectivity index (χ0) is 14.9. The van der Waals surface area contributed by atoms with Crippen molar-refractivity contribution in [1.29, 1.82) is 0 Å². The minimum atomic E-state index is -0.0390. The van der Waals surface area contributed by atoms with Crippen LogP contribution in [-0.2, 0) is 0 Å². The van der Waals surface area contributed by atoms with Gasteiger partial charge in [-0.3, -0.25) is 0 Å². The van der Waals surface area contributed by atoms with Gasteiger partial charge in [0, 0.05) is 23.0 Å². The number of nitrogens with two attached hydrogens (primary N) is 1. The van der Waals surface area contributed by atoms with Crippen LogP contribution in [0.4, 0.5) is 0 Å². The minimum absolute atomic E-state index is 0.0390. The molecule has 0 radical (unpaired) electrons. The summed E-state index contributed by atoms with van der Waals surface area (Å²) < 4.78 is 6.45. The fourth-order valence-corrected chi connectivity index (χ4v) is 4.32. The number of rotatable bonds is 2. The molecule has 3 unspecified atom stereocenters.